The molecule has 0 fully saturated rings. The number of carbonyl (C=O) groups is 1. The van der Waals surface area contributed by atoms with Crippen LogP contribution in [0.4, 0.5) is 0 Å². The lowest BCUT2D eigenvalue weighted by atomic mass is 9.86. The van der Waals surface area contributed by atoms with Crippen molar-refractivity contribution in [1.29, 1.82) is 0 Å². The summed E-state index contributed by atoms with van der Waals surface area (Å²) < 4.78 is 10.2. The van der Waals surface area contributed by atoms with Crippen LogP contribution in [-0.4, -0.2) is 26.3 Å². The third-order valence-electron chi connectivity index (χ3n) is 3.63. The molecule has 5 heteroatoms. The second-order valence-electron chi connectivity index (χ2n) is 5.49. The van der Waals surface area contributed by atoms with Crippen LogP contribution in [0.5, 0.6) is 0 Å². The molecule has 1 aromatic carbocycles. The Hall–Kier alpha value is -0.770. The number of ether oxygens (including phenoxy) is 2. The van der Waals surface area contributed by atoms with E-state index in [-0.39, 0.29) is 11.9 Å². The minimum absolute atomic E-state index is 0.192. The number of hydrogen-bond donors (Lipinski definition) is 0. The molecule has 1 rings (SSSR count). The van der Waals surface area contributed by atoms with Gasteiger partial charge in [-0.15, -0.1) is 0 Å². The highest BCUT2D eigenvalue weighted by atomic mass is 35.5. The summed E-state index contributed by atoms with van der Waals surface area (Å²) in [5.74, 6) is 0.434. The maximum Gasteiger partial charge on any atom is 0.305 e. The van der Waals surface area contributed by atoms with Gasteiger partial charge >= 0.3 is 5.97 Å². The second-order valence-corrected chi connectivity index (χ2v) is 6.30. The fraction of sp³-hybridized carbons (Fsp3) is 0.588. The minimum Gasteiger partial charge on any atom is -0.469 e. The number of halogens is 2. The number of carbonyl (C=O) groups excluding carboxylic acids is 1. The van der Waals surface area contributed by atoms with Crippen LogP contribution in [0, 0.1) is 5.92 Å². The zero-order valence-electron chi connectivity index (χ0n) is 13.4. The Morgan fingerprint density at radius 3 is 2.59 bits per heavy atom. The van der Waals surface area contributed by atoms with Crippen LogP contribution in [0.3, 0.4) is 0 Å². The molecule has 0 N–H and O–H groups in total. The third-order valence-corrected chi connectivity index (χ3v) is 4.37. The van der Waals surface area contributed by atoms with Crippen LogP contribution in [-0.2, 0) is 14.3 Å². The van der Waals surface area contributed by atoms with E-state index in [2.05, 4.69) is 6.92 Å². The van der Waals surface area contributed by atoms with E-state index in [4.69, 9.17) is 32.7 Å². The molecule has 0 amide bonds. The van der Waals surface area contributed by atoms with Crippen molar-refractivity contribution in [3.8, 4) is 0 Å². The normalized spacial score (nSPS) is 13.7. The second kappa shape index (κ2) is 10.1. The molecule has 0 aromatic heterocycles. The van der Waals surface area contributed by atoms with Crippen molar-refractivity contribution < 1.29 is 14.3 Å². The van der Waals surface area contributed by atoms with Gasteiger partial charge in [0.1, 0.15) is 0 Å². The van der Waals surface area contributed by atoms with Crippen molar-refractivity contribution in [1.82, 2.24) is 0 Å². The predicted octanol–water partition coefficient (Wildman–Crippen LogP) is 5.09. The van der Waals surface area contributed by atoms with E-state index in [0.717, 1.165) is 18.4 Å². The Morgan fingerprint density at radius 1 is 1.27 bits per heavy atom. The fourth-order valence-corrected chi connectivity index (χ4v) is 2.76. The molecular weight excluding hydrogens is 323 g/mol. The number of hydrogen-bond acceptors (Lipinski definition) is 3. The smallest absolute Gasteiger partial charge is 0.305 e. The van der Waals surface area contributed by atoms with Gasteiger partial charge in [0.25, 0.3) is 0 Å². The molecule has 0 saturated heterocycles. The first-order valence-electron chi connectivity index (χ1n) is 7.57. The summed E-state index contributed by atoms with van der Waals surface area (Å²) in [6.07, 6.45) is 2.04. The first kappa shape index (κ1) is 19.3. The summed E-state index contributed by atoms with van der Waals surface area (Å²) in [5.41, 5.74) is 1.10. The lowest BCUT2D eigenvalue weighted by molar-refractivity contribution is -0.140. The molecule has 0 radical (unpaired) electrons. The maximum atomic E-state index is 11.4. The van der Waals surface area contributed by atoms with E-state index in [1.165, 1.54) is 7.11 Å². The van der Waals surface area contributed by atoms with E-state index in [1.807, 2.05) is 19.1 Å². The zero-order valence-corrected chi connectivity index (χ0v) is 14.9. The van der Waals surface area contributed by atoms with Crippen molar-refractivity contribution in [2.45, 2.75) is 39.0 Å². The van der Waals surface area contributed by atoms with Crippen LogP contribution in [0.1, 0.15) is 44.6 Å². The van der Waals surface area contributed by atoms with Gasteiger partial charge < -0.3 is 9.47 Å². The van der Waals surface area contributed by atoms with Gasteiger partial charge in [0, 0.05) is 19.6 Å². The Labute approximate surface area is 142 Å². The summed E-state index contributed by atoms with van der Waals surface area (Å²) in [7, 11) is 1.41. The standard InChI is InChI=1S/C17H24Cl2O3/c1-4-22-11-12(2)9-13(6-8-17(20)21-3)14-5-7-15(18)16(19)10-14/h5,7,10,12-13H,4,6,8-9,11H2,1-3H3. The molecule has 0 spiro atoms. The SMILES string of the molecule is CCOCC(C)CC(CCC(=O)OC)c1ccc(Cl)c(Cl)c1. The summed E-state index contributed by atoms with van der Waals surface area (Å²) in [4.78, 5) is 11.4. The Kier molecular flexibility index (Phi) is 8.84. The Bertz CT molecular complexity index is 477. The number of esters is 1. The Balaban J connectivity index is 2.79. The highest BCUT2D eigenvalue weighted by Crippen LogP contribution is 2.33. The molecule has 22 heavy (non-hydrogen) atoms. The van der Waals surface area contributed by atoms with Gasteiger partial charge in [-0.1, -0.05) is 36.2 Å². The lowest BCUT2D eigenvalue weighted by Crippen LogP contribution is -2.13. The molecule has 2 atom stereocenters. The topological polar surface area (TPSA) is 35.5 Å². The van der Waals surface area contributed by atoms with Gasteiger partial charge in [0.15, 0.2) is 0 Å². The van der Waals surface area contributed by atoms with Crippen LogP contribution in [0.2, 0.25) is 10.0 Å². The molecule has 124 valence electrons. The fourth-order valence-electron chi connectivity index (χ4n) is 2.45. The van der Waals surface area contributed by atoms with Crippen molar-refractivity contribution in [2.75, 3.05) is 20.3 Å². The van der Waals surface area contributed by atoms with Gasteiger partial charge in [-0.05, 0) is 49.3 Å². The summed E-state index contributed by atoms with van der Waals surface area (Å²) in [6, 6.07) is 5.67. The van der Waals surface area contributed by atoms with E-state index >= 15 is 0 Å². The molecule has 3 nitrogen and oxygen atoms in total. The maximum absolute atomic E-state index is 11.4. The van der Waals surface area contributed by atoms with Crippen molar-refractivity contribution >= 4 is 29.2 Å². The van der Waals surface area contributed by atoms with Crippen LogP contribution < -0.4 is 0 Å². The largest absolute Gasteiger partial charge is 0.469 e. The van der Waals surface area contributed by atoms with E-state index in [1.54, 1.807) is 6.07 Å². The van der Waals surface area contributed by atoms with Gasteiger partial charge in [-0.3, -0.25) is 4.79 Å². The molecular formula is C17H24Cl2O3. The average Bonchev–Trinajstić information content (AvgIpc) is 2.51. The molecule has 0 bridgehead atoms. The van der Waals surface area contributed by atoms with Crippen LogP contribution in [0.15, 0.2) is 18.2 Å². The lowest BCUT2D eigenvalue weighted by Gasteiger charge is -2.21. The number of rotatable bonds is 9. The van der Waals surface area contributed by atoms with Gasteiger partial charge in [-0.25, -0.2) is 0 Å². The van der Waals surface area contributed by atoms with E-state index < -0.39 is 0 Å². The Morgan fingerprint density at radius 2 is 2.00 bits per heavy atom. The number of methoxy groups -OCH3 is 1. The third kappa shape index (κ3) is 6.55. The first-order valence-corrected chi connectivity index (χ1v) is 8.33. The molecule has 0 aliphatic heterocycles. The van der Waals surface area contributed by atoms with Crippen molar-refractivity contribution in [3.63, 3.8) is 0 Å². The molecule has 2 unspecified atom stereocenters. The first-order chi connectivity index (χ1) is 10.5. The van der Waals surface area contributed by atoms with Crippen molar-refractivity contribution in [3.05, 3.63) is 33.8 Å². The molecule has 0 aliphatic carbocycles. The highest BCUT2D eigenvalue weighted by Gasteiger charge is 2.18. The monoisotopic (exact) mass is 346 g/mol. The van der Waals surface area contributed by atoms with E-state index in [0.29, 0.717) is 35.6 Å². The summed E-state index contributed by atoms with van der Waals surface area (Å²) in [5, 5.41) is 1.08. The number of benzene rings is 1. The van der Waals surface area contributed by atoms with Gasteiger partial charge in [0.05, 0.1) is 17.2 Å². The van der Waals surface area contributed by atoms with Gasteiger partial charge in [-0.2, -0.15) is 0 Å². The van der Waals surface area contributed by atoms with Crippen molar-refractivity contribution in [2.24, 2.45) is 5.92 Å². The average molecular weight is 347 g/mol. The summed E-state index contributed by atoms with van der Waals surface area (Å²) in [6.45, 7) is 5.56. The van der Waals surface area contributed by atoms with Crippen LogP contribution in [0.25, 0.3) is 0 Å². The molecule has 1 aromatic rings. The van der Waals surface area contributed by atoms with Crippen LogP contribution >= 0.6 is 23.2 Å². The highest BCUT2D eigenvalue weighted by molar-refractivity contribution is 6.42. The van der Waals surface area contributed by atoms with E-state index in [9.17, 15) is 4.79 Å². The zero-order chi connectivity index (χ0) is 16.5. The minimum atomic E-state index is -0.192. The quantitative estimate of drug-likeness (QED) is 0.584. The molecule has 0 saturated carbocycles. The predicted molar refractivity (Wildman–Crippen MR) is 90.7 cm³/mol. The van der Waals surface area contributed by atoms with Gasteiger partial charge in [0.2, 0.25) is 0 Å². The summed E-state index contributed by atoms with van der Waals surface area (Å²) >= 11 is 12.1. The molecule has 0 aliphatic rings. The molecule has 0 heterocycles.